The summed E-state index contributed by atoms with van der Waals surface area (Å²) in [5, 5.41) is 1.89. The van der Waals surface area contributed by atoms with Gasteiger partial charge in [0.1, 0.15) is 9.84 Å². The summed E-state index contributed by atoms with van der Waals surface area (Å²) in [5.74, 6) is 0.705. The van der Waals surface area contributed by atoms with E-state index in [0.717, 1.165) is 17.5 Å². The number of fused-ring (bicyclic) bond motifs is 1. The Labute approximate surface area is 188 Å². The second kappa shape index (κ2) is 8.75. The number of ether oxygens (including phenoxy) is 2. The van der Waals surface area contributed by atoms with Crippen LogP contribution in [0.15, 0.2) is 46.1 Å². The van der Waals surface area contributed by atoms with E-state index in [1.807, 2.05) is 12.3 Å². The molecule has 1 atom stereocenters. The maximum absolute atomic E-state index is 13.0. The van der Waals surface area contributed by atoms with Crippen LogP contribution in [0.5, 0.6) is 11.5 Å². The van der Waals surface area contributed by atoms with Gasteiger partial charge in [0.05, 0.1) is 42.2 Å². The van der Waals surface area contributed by atoms with Crippen molar-refractivity contribution in [1.82, 2.24) is 19.5 Å². The van der Waals surface area contributed by atoms with Crippen molar-refractivity contribution in [1.29, 1.82) is 0 Å². The van der Waals surface area contributed by atoms with Crippen molar-refractivity contribution in [3.8, 4) is 22.8 Å². The summed E-state index contributed by atoms with van der Waals surface area (Å²) in [6.07, 6.45) is 2.76. The Morgan fingerprint density at radius 1 is 1.22 bits per heavy atom. The van der Waals surface area contributed by atoms with Crippen molar-refractivity contribution in [2.45, 2.75) is 13.0 Å². The zero-order valence-electron chi connectivity index (χ0n) is 17.7. The van der Waals surface area contributed by atoms with E-state index < -0.39 is 21.6 Å². The third-order valence-electron chi connectivity index (χ3n) is 4.93. The zero-order valence-corrected chi connectivity index (χ0v) is 19.4. The second-order valence-electron chi connectivity index (χ2n) is 7.22. The Morgan fingerprint density at radius 2 is 2.03 bits per heavy atom. The molecule has 3 aromatic heterocycles. The van der Waals surface area contributed by atoms with Gasteiger partial charge in [0.2, 0.25) is 0 Å². The Kier molecular flexibility index (Phi) is 6.02. The number of pyridine rings is 1. The molecule has 168 valence electrons. The molecule has 0 aliphatic rings. The Morgan fingerprint density at radius 3 is 2.69 bits per heavy atom. The largest absolute Gasteiger partial charge is 0.493 e. The maximum atomic E-state index is 13.0. The van der Waals surface area contributed by atoms with Gasteiger partial charge in [-0.2, -0.15) is 0 Å². The molecule has 9 nitrogen and oxygen atoms in total. The predicted octanol–water partition coefficient (Wildman–Crippen LogP) is 2.89. The highest BCUT2D eigenvalue weighted by Crippen LogP contribution is 2.33. The fraction of sp³-hybridized carbons (Fsp3) is 0.286. The van der Waals surface area contributed by atoms with E-state index in [4.69, 9.17) is 9.47 Å². The van der Waals surface area contributed by atoms with E-state index in [9.17, 15) is 13.2 Å². The van der Waals surface area contributed by atoms with E-state index in [-0.39, 0.29) is 5.75 Å². The number of H-pyrrole nitrogens is 1. The molecule has 0 fully saturated rings. The molecule has 0 aliphatic carbocycles. The number of hydrogen-bond acceptors (Lipinski definition) is 8. The summed E-state index contributed by atoms with van der Waals surface area (Å²) in [7, 11) is -1.92. The summed E-state index contributed by atoms with van der Waals surface area (Å²) in [6.45, 7) is 2.25. The summed E-state index contributed by atoms with van der Waals surface area (Å²) in [4.78, 5) is 24.5. The monoisotopic (exact) mass is 474 g/mol. The molecular weight excluding hydrogens is 452 g/mol. The summed E-state index contributed by atoms with van der Waals surface area (Å²) in [5.41, 5.74) is 4.22. The van der Waals surface area contributed by atoms with Gasteiger partial charge in [-0.3, -0.25) is 4.57 Å². The molecule has 11 heteroatoms. The van der Waals surface area contributed by atoms with Gasteiger partial charge in [-0.05, 0) is 30.7 Å². The lowest BCUT2D eigenvalue weighted by molar-refractivity contribution is 0.310. The average molecular weight is 475 g/mol. The first-order valence-electron chi connectivity index (χ1n) is 9.78. The van der Waals surface area contributed by atoms with Crippen molar-refractivity contribution in [2.75, 3.05) is 25.7 Å². The molecule has 1 aromatic carbocycles. The molecule has 32 heavy (non-hydrogen) atoms. The van der Waals surface area contributed by atoms with Crippen LogP contribution in [0.25, 0.3) is 22.4 Å². The minimum absolute atomic E-state index is 0.284. The third kappa shape index (κ3) is 4.39. The van der Waals surface area contributed by atoms with Gasteiger partial charge in [-0.15, -0.1) is 11.3 Å². The Balaban J connectivity index is 1.88. The number of aromatic nitrogens is 4. The van der Waals surface area contributed by atoms with Crippen LogP contribution in [-0.4, -0.2) is 53.7 Å². The summed E-state index contributed by atoms with van der Waals surface area (Å²) < 4.78 is 36.9. The zero-order chi connectivity index (χ0) is 22.9. The number of sulfone groups is 1. The molecule has 1 N–H and O–H groups in total. The number of nitrogens with one attached hydrogen (secondary N) is 1. The van der Waals surface area contributed by atoms with Crippen LogP contribution in [0.1, 0.15) is 18.5 Å². The van der Waals surface area contributed by atoms with E-state index in [0.29, 0.717) is 34.8 Å². The van der Waals surface area contributed by atoms with Crippen LogP contribution in [-0.2, 0) is 9.84 Å². The third-order valence-corrected chi connectivity index (χ3v) is 6.44. The lowest BCUT2D eigenvalue weighted by Gasteiger charge is -2.20. The predicted molar refractivity (Wildman–Crippen MR) is 123 cm³/mol. The van der Waals surface area contributed by atoms with Crippen molar-refractivity contribution < 1.29 is 17.9 Å². The topological polar surface area (TPSA) is 116 Å². The molecule has 0 unspecified atom stereocenters. The highest BCUT2D eigenvalue weighted by molar-refractivity contribution is 7.90. The molecule has 0 bridgehead atoms. The van der Waals surface area contributed by atoms with E-state index in [1.165, 1.54) is 23.0 Å². The SMILES string of the molecule is CCOc1cc([C@@H](CS(C)(=O)=O)n2c(=O)[nH]c3cc(-c4cscn4)cnc32)ccc1OC. The quantitative estimate of drug-likeness (QED) is 0.417. The van der Waals surface area contributed by atoms with E-state index in [2.05, 4.69) is 15.0 Å². The molecule has 3 heterocycles. The molecule has 0 spiro atoms. The van der Waals surface area contributed by atoms with Gasteiger partial charge in [0.15, 0.2) is 17.1 Å². The van der Waals surface area contributed by atoms with Gasteiger partial charge in [-0.25, -0.2) is 23.2 Å². The first-order valence-corrected chi connectivity index (χ1v) is 12.8. The van der Waals surface area contributed by atoms with Gasteiger partial charge in [0, 0.05) is 23.4 Å². The van der Waals surface area contributed by atoms with Gasteiger partial charge in [-0.1, -0.05) is 6.07 Å². The van der Waals surface area contributed by atoms with Gasteiger partial charge < -0.3 is 14.5 Å². The first kappa shape index (κ1) is 22.0. The number of imidazole rings is 1. The summed E-state index contributed by atoms with van der Waals surface area (Å²) >= 11 is 1.46. The van der Waals surface area contributed by atoms with Crippen LogP contribution < -0.4 is 15.2 Å². The van der Waals surface area contributed by atoms with Crippen LogP contribution in [0.2, 0.25) is 0 Å². The average Bonchev–Trinajstić information content (AvgIpc) is 3.38. The minimum Gasteiger partial charge on any atom is -0.493 e. The van der Waals surface area contributed by atoms with E-state index >= 15 is 0 Å². The van der Waals surface area contributed by atoms with Crippen molar-refractivity contribution in [3.05, 3.63) is 57.4 Å². The van der Waals surface area contributed by atoms with Crippen LogP contribution >= 0.6 is 11.3 Å². The number of hydrogen-bond donors (Lipinski definition) is 1. The lowest BCUT2D eigenvalue weighted by Crippen LogP contribution is -2.28. The number of aromatic amines is 1. The molecule has 0 aliphatic heterocycles. The van der Waals surface area contributed by atoms with E-state index in [1.54, 1.807) is 36.0 Å². The Bertz CT molecular complexity index is 1410. The number of benzene rings is 1. The number of rotatable bonds is 8. The molecule has 0 saturated carbocycles. The molecular formula is C21H22N4O5S2. The number of thiazole rings is 1. The maximum Gasteiger partial charge on any atom is 0.328 e. The smallest absolute Gasteiger partial charge is 0.328 e. The first-order chi connectivity index (χ1) is 15.3. The lowest BCUT2D eigenvalue weighted by atomic mass is 10.1. The number of nitrogens with zero attached hydrogens (tertiary/aromatic N) is 3. The number of methoxy groups -OCH3 is 1. The molecule has 4 rings (SSSR count). The molecule has 4 aromatic rings. The van der Waals surface area contributed by atoms with Crippen LogP contribution in [0, 0.1) is 0 Å². The van der Waals surface area contributed by atoms with Crippen molar-refractivity contribution in [3.63, 3.8) is 0 Å². The standard InChI is InChI=1S/C21H22N4O5S2/c1-4-30-19-8-13(5-6-18(19)29-2)17(11-32(3,27)28)25-20-15(24-21(25)26)7-14(9-22-20)16-10-31-12-23-16/h5-10,12,17H,4,11H2,1-3H3,(H,24,26)/t17-/m1/s1. The fourth-order valence-electron chi connectivity index (χ4n) is 3.57. The van der Waals surface area contributed by atoms with Crippen molar-refractivity contribution in [2.24, 2.45) is 0 Å². The minimum atomic E-state index is -3.45. The van der Waals surface area contributed by atoms with Crippen molar-refractivity contribution >= 4 is 32.3 Å². The fourth-order valence-corrected chi connectivity index (χ4v) is 5.05. The normalized spacial score (nSPS) is 12.7. The molecule has 0 radical (unpaired) electrons. The molecule has 0 saturated heterocycles. The second-order valence-corrected chi connectivity index (χ2v) is 10.1. The summed E-state index contributed by atoms with van der Waals surface area (Å²) in [6, 6.07) is 6.10. The van der Waals surface area contributed by atoms with Gasteiger partial charge >= 0.3 is 5.69 Å². The van der Waals surface area contributed by atoms with Crippen LogP contribution in [0.3, 0.4) is 0 Å². The Hall–Kier alpha value is -3.18. The highest BCUT2D eigenvalue weighted by Gasteiger charge is 2.25. The highest BCUT2D eigenvalue weighted by atomic mass is 32.2. The van der Waals surface area contributed by atoms with Gasteiger partial charge in [0.25, 0.3) is 0 Å². The van der Waals surface area contributed by atoms with Crippen LogP contribution in [0.4, 0.5) is 0 Å². The molecule has 0 amide bonds.